The number of nitriles is 2. The highest BCUT2D eigenvalue weighted by Crippen LogP contribution is 2.32. The van der Waals surface area contributed by atoms with E-state index in [9.17, 15) is 20.1 Å². The first-order valence-corrected chi connectivity index (χ1v) is 7.03. The Morgan fingerprint density at radius 3 is 2.17 bits per heavy atom. The fraction of sp³-hybridized carbons (Fsp3) is 0.125. The molecule has 0 spiro atoms. The lowest BCUT2D eigenvalue weighted by molar-refractivity contribution is -0.138. The fourth-order valence-electron chi connectivity index (χ4n) is 1.74. The molecule has 0 aliphatic rings. The van der Waals surface area contributed by atoms with Gasteiger partial charge in [-0.3, -0.25) is 0 Å². The predicted octanol–water partition coefficient (Wildman–Crippen LogP) is 3.07. The van der Waals surface area contributed by atoms with Crippen molar-refractivity contribution in [3.63, 3.8) is 0 Å². The molecule has 0 atom stereocenters. The molecule has 24 heavy (non-hydrogen) atoms. The predicted molar refractivity (Wildman–Crippen MR) is 86.7 cm³/mol. The van der Waals surface area contributed by atoms with Gasteiger partial charge in [0.1, 0.15) is 17.7 Å². The summed E-state index contributed by atoms with van der Waals surface area (Å²) in [7, 11) is 2.21. The molecular weight excluding hydrogens is 355 g/mol. The van der Waals surface area contributed by atoms with Gasteiger partial charge in [0.25, 0.3) is 0 Å². The molecule has 8 heteroatoms. The van der Waals surface area contributed by atoms with Crippen molar-refractivity contribution in [1.82, 2.24) is 0 Å². The molecule has 0 N–H and O–H groups in total. The number of carbonyl (C=O) groups is 2. The van der Waals surface area contributed by atoms with Gasteiger partial charge in [-0.1, -0.05) is 29.3 Å². The van der Waals surface area contributed by atoms with E-state index in [1.54, 1.807) is 12.1 Å². The zero-order valence-electron chi connectivity index (χ0n) is 12.6. The van der Waals surface area contributed by atoms with E-state index in [2.05, 4.69) is 9.47 Å². The van der Waals surface area contributed by atoms with Crippen molar-refractivity contribution in [2.24, 2.45) is 0 Å². The van der Waals surface area contributed by atoms with Gasteiger partial charge in [-0.05, 0) is 17.7 Å². The molecule has 0 bridgehead atoms. The first-order valence-electron chi connectivity index (χ1n) is 6.27. The van der Waals surface area contributed by atoms with Crippen LogP contribution < -0.4 is 0 Å². The first-order chi connectivity index (χ1) is 11.4. The van der Waals surface area contributed by atoms with Crippen molar-refractivity contribution < 1.29 is 19.1 Å². The largest absolute Gasteiger partial charge is 0.466 e. The normalized spacial score (nSPS) is 10.2. The summed E-state index contributed by atoms with van der Waals surface area (Å²) < 4.78 is 9.12. The summed E-state index contributed by atoms with van der Waals surface area (Å²) in [5.74, 6) is -1.78. The highest BCUT2D eigenvalue weighted by atomic mass is 35.5. The van der Waals surface area contributed by atoms with E-state index in [4.69, 9.17) is 23.2 Å². The monoisotopic (exact) mass is 364 g/mol. The summed E-state index contributed by atoms with van der Waals surface area (Å²) in [6.45, 7) is 0. The third kappa shape index (κ3) is 4.36. The van der Waals surface area contributed by atoms with E-state index in [1.807, 2.05) is 0 Å². The lowest BCUT2D eigenvalue weighted by Crippen LogP contribution is -2.11. The van der Waals surface area contributed by atoms with Crippen molar-refractivity contribution in [2.75, 3.05) is 14.2 Å². The Labute approximate surface area is 148 Å². The van der Waals surface area contributed by atoms with Gasteiger partial charge in [-0.15, -0.1) is 0 Å². The molecule has 0 saturated heterocycles. The van der Waals surface area contributed by atoms with E-state index in [0.717, 1.165) is 20.3 Å². The molecule has 0 aliphatic heterocycles. The summed E-state index contributed by atoms with van der Waals surface area (Å²) in [5.41, 5.74) is -0.603. The summed E-state index contributed by atoms with van der Waals surface area (Å²) in [6.07, 6.45) is 0.832. The van der Waals surface area contributed by atoms with E-state index >= 15 is 0 Å². The van der Waals surface area contributed by atoms with Gasteiger partial charge in [-0.25, -0.2) is 9.59 Å². The lowest BCUT2D eigenvalue weighted by Gasteiger charge is -2.12. The highest BCUT2D eigenvalue weighted by Gasteiger charge is 2.23. The second kappa shape index (κ2) is 8.73. The maximum atomic E-state index is 12.1. The number of halogens is 2. The van der Waals surface area contributed by atoms with E-state index in [0.29, 0.717) is 0 Å². The van der Waals surface area contributed by atoms with Crippen LogP contribution in [0.1, 0.15) is 5.56 Å². The molecule has 0 saturated carbocycles. The Hall–Kier alpha value is -2.80. The van der Waals surface area contributed by atoms with Crippen molar-refractivity contribution in [2.45, 2.75) is 0 Å². The minimum absolute atomic E-state index is 0.115. The quantitative estimate of drug-likeness (QED) is 0.352. The van der Waals surface area contributed by atoms with Crippen LogP contribution in [-0.4, -0.2) is 26.2 Å². The average molecular weight is 365 g/mol. The van der Waals surface area contributed by atoms with Gasteiger partial charge >= 0.3 is 11.9 Å². The Kier molecular flexibility index (Phi) is 7.00. The lowest BCUT2D eigenvalue weighted by atomic mass is 9.93. The first kappa shape index (κ1) is 19.2. The molecule has 0 aromatic heterocycles. The SMILES string of the molecule is COC(=O)/C=C(/C(=O)OC)C(=C(C#N)C#N)c1ccc(Cl)c(Cl)c1. The molecule has 0 heterocycles. The number of allylic oxidation sites excluding steroid dienone is 1. The molecule has 0 unspecified atom stereocenters. The van der Waals surface area contributed by atoms with Crippen molar-refractivity contribution in [3.8, 4) is 12.1 Å². The number of hydrogen-bond acceptors (Lipinski definition) is 6. The summed E-state index contributed by atoms with van der Waals surface area (Å²) >= 11 is 11.8. The fourth-order valence-corrected chi connectivity index (χ4v) is 2.04. The minimum atomic E-state index is -0.926. The third-order valence-corrected chi connectivity index (χ3v) is 3.56. The van der Waals surface area contributed by atoms with Crippen LogP contribution in [0.25, 0.3) is 5.57 Å². The van der Waals surface area contributed by atoms with Gasteiger partial charge in [-0.2, -0.15) is 10.5 Å². The Morgan fingerprint density at radius 2 is 1.71 bits per heavy atom. The van der Waals surface area contributed by atoms with E-state index < -0.39 is 17.5 Å². The number of rotatable bonds is 4. The summed E-state index contributed by atoms with van der Waals surface area (Å²) in [6, 6.07) is 7.60. The van der Waals surface area contributed by atoms with Crippen LogP contribution in [0.4, 0.5) is 0 Å². The molecule has 6 nitrogen and oxygen atoms in total. The highest BCUT2D eigenvalue weighted by molar-refractivity contribution is 6.42. The van der Waals surface area contributed by atoms with Crippen LogP contribution >= 0.6 is 23.2 Å². The molecule has 0 radical (unpaired) electrons. The molecule has 0 aliphatic carbocycles. The summed E-state index contributed by atoms with van der Waals surface area (Å²) in [5, 5.41) is 18.8. The number of esters is 2. The maximum Gasteiger partial charge on any atom is 0.338 e. The van der Waals surface area contributed by atoms with Crippen LogP contribution in [0, 0.1) is 22.7 Å². The molecule has 1 rings (SSSR count). The Balaban J connectivity index is 3.79. The number of hydrogen-bond donors (Lipinski definition) is 0. The second-order valence-corrected chi connectivity index (χ2v) is 4.99. The van der Waals surface area contributed by atoms with Crippen molar-refractivity contribution in [1.29, 1.82) is 10.5 Å². The zero-order chi connectivity index (χ0) is 18.3. The van der Waals surface area contributed by atoms with Crippen molar-refractivity contribution in [3.05, 3.63) is 51.0 Å². The number of ether oxygens (including phenoxy) is 2. The number of nitrogens with zero attached hydrogens (tertiary/aromatic N) is 2. The van der Waals surface area contributed by atoms with Crippen LogP contribution in [0.3, 0.4) is 0 Å². The molecule has 0 amide bonds. The average Bonchev–Trinajstić information content (AvgIpc) is 2.59. The van der Waals surface area contributed by atoms with Crippen LogP contribution in [-0.2, 0) is 19.1 Å². The third-order valence-electron chi connectivity index (χ3n) is 2.82. The number of methoxy groups -OCH3 is 2. The van der Waals surface area contributed by atoms with Gasteiger partial charge in [0.2, 0.25) is 0 Å². The number of benzene rings is 1. The Bertz CT molecular complexity index is 813. The standard InChI is InChI=1S/C16H10Cl2N2O4/c1-23-14(21)6-11(16(22)24-2)15(10(7-19)8-20)9-3-4-12(17)13(18)5-9/h3-6H,1-2H3/b11-6+. The van der Waals surface area contributed by atoms with E-state index in [-0.39, 0.29) is 26.8 Å². The minimum Gasteiger partial charge on any atom is -0.466 e. The maximum absolute atomic E-state index is 12.1. The van der Waals surface area contributed by atoms with E-state index in [1.165, 1.54) is 18.2 Å². The smallest absolute Gasteiger partial charge is 0.338 e. The van der Waals surface area contributed by atoms with Gasteiger partial charge in [0, 0.05) is 11.6 Å². The van der Waals surface area contributed by atoms with Crippen LogP contribution in [0.15, 0.2) is 35.4 Å². The number of carbonyl (C=O) groups excluding carboxylic acids is 2. The van der Waals surface area contributed by atoms with Crippen LogP contribution in [0.2, 0.25) is 10.0 Å². The second-order valence-electron chi connectivity index (χ2n) is 4.18. The molecule has 122 valence electrons. The van der Waals surface area contributed by atoms with Crippen LogP contribution in [0.5, 0.6) is 0 Å². The van der Waals surface area contributed by atoms with Crippen molar-refractivity contribution >= 4 is 40.7 Å². The Morgan fingerprint density at radius 1 is 1.08 bits per heavy atom. The summed E-state index contributed by atoms with van der Waals surface area (Å²) in [4.78, 5) is 23.6. The molecular formula is C16H10Cl2N2O4. The molecule has 0 fully saturated rings. The van der Waals surface area contributed by atoms with Gasteiger partial charge < -0.3 is 9.47 Å². The topological polar surface area (TPSA) is 100 Å². The van der Waals surface area contributed by atoms with Gasteiger partial charge in [0.15, 0.2) is 0 Å². The van der Waals surface area contributed by atoms with Gasteiger partial charge in [0.05, 0.1) is 29.8 Å². The zero-order valence-corrected chi connectivity index (χ0v) is 14.1. The molecule has 1 aromatic rings. The molecule has 1 aromatic carbocycles.